The number of ether oxygens (including phenoxy) is 1. The quantitative estimate of drug-likeness (QED) is 0.376. The molecule has 3 aromatic heterocycles. The number of carbonyl (C=O) groups is 1. The molecule has 0 spiro atoms. The Bertz CT molecular complexity index is 1210. The van der Waals surface area contributed by atoms with Gasteiger partial charge in [0.05, 0.1) is 17.7 Å². The van der Waals surface area contributed by atoms with Crippen LogP contribution in [0.2, 0.25) is 0 Å². The van der Waals surface area contributed by atoms with Crippen molar-refractivity contribution in [1.82, 2.24) is 19.7 Å². The molecule has 30 heavy (non-hydrogen) atoms. The topological polar surface area (TPSA) is 84.8 Å². The number of aromatic amines is 1. The molecular weight excluding hydrogens is 438 g/mol. The van der Waals surface area contributed by atoms with E-state index in [0.717, 1.165) is 32.6 Å². The van der Waals surface area contributed by atoms with Crippen LogP contribution < -0.4 is 10.1 Å². The van der Waals surface area contributed by atoms with Gasteiger partial charge in [-0.2, -0.15) is 5.10 Å². The van der Waals surface area contributed by atoms with Crippen molar-refractivity contribution in [2.75, 3.05) is 12.4 Å². The van der Waals surface area contributed by atoms with Crippen LogP contribution in [0.4, 0.5) is 5.13 Å². The van der Waals surface area contributed by atoms with Crippen LogP contribution in [-0.4, -0.2) is 32.8 Å². The molecule has 0 bridgehead atoms. The van der Waals surface area contributed by atoms with Crippen LogP contribution in [0.25, 0.3) is 22.0 Å². The molecule has 0 aliphatic rings. The highest BCUT2D eigenvalue weighted by molar-refractivity contribution is 7.71. The number of hydrogen-bond donors (Lipinski definition) is 2. The van der Waals surface area contributed by atoms with Crippen LogP contribution in [0.1, 0.15) is 11.3 Å². The van der Waals surface area contributed by atoms with E-state index in [9.17, 15) is 4.79 Å². The van der Waals surface area contributed by atoms with Crippen molar-refractivity contribution < 1.29 is 9.53 Å². The van der Waals surface area contributed by atoms with E-state index in [1.807, 2.05) is 53.3 Å². The third-order valence-corrected chi connectivity index (χ3v) is 6.53. The maximum absolute atomic E-state index is 12.5. The Morgan fingerprint density at radius 1 is 1.30 bits per heavy atom. The number of thiazole rings is 1. The van der Waals surface area contributed by atoms with E-state index in [4.69, 9.17) is 17.0 Å². The van der Waals surface area contributed by atoms with Crippen LogP contribution in [0.3, 0.4) is 0 Å². The summed E-state index contributed by atoms with van der Waals surface area (Å²) in [5.74, 6) is 1.42. The molecule has 7 nitrogen and oxygen atoms in total. The predicted octanol–water partition coefficient (Wildman–Crippen LogP) is 5.14. The van der Waals surface area contributed by atoms with Crippen molar-refractivity contribution in [1.29, 1.82) is 0 Å². The summed E-state index contributed by atoms with van der Waals surface area (Å²) in [7, 11) is 1.64. The lowest BCUT2D eigenvalue weighted by Gasteiger charge is -2.05. The van der Waals surface area contributed by atoms with Gasteiger partial charge in [-0.05, 0) is 54.9 Å². The summed E-state index contributed by atoms with van der Waals surface area (Å²) < 4.78 is 7.54. The van der Waals surface area contributed by atoms with Gasteiger partial charge in [0.15, 0.2) is 15.7 Å². The number of nitrogens with one attached hydrogen (secondary N) is 2. The molecule has 1 amide bonds. The second-order valence-corrected chi connectivity index (χ2v) is 8.97. The molecule has 0 atom stereocenters. The smallest absolute Gasteiger partial charge is 0.227 e. The van der Waals surface area contributed by atoms with Gasteiger partial charge < -0.3 is 10.1 Å². The highest BCUT2D eigenvalue weighted by Gasteiger charge is 2.14. The van der Waals surface area contributed by atoms with Crippen LogP contribution in [-0.2, 0) is 11.3 Å². The number of benzene rings is 1. The maximum Gasteiger partial charge on any atom is 0.227 e. The van der Waals surface area contributed by atoms with Gasteiger partial charge in [0.2, 0.25) is 5.91 Å². The Hall–Kier alpha value is -2.82. The van der Waals surface area contributed by atoms with Gasteiger partial charge >= 0.3 is 0 Å². The van der Waals surface area contributed by atoms with E-state index in [1.165, 1.54) is 11.3 Å². The second kappa shape index (κ2) is 8.90. The third kappa shape index (κ3) is 4.35. The number of hydrogen-bond acceptors (Lipinski definition) is 7. The number of aromatic nitrogens is 4. The van der Waals surface area contributed by atoms with E-state index in [0.29, 0.717) is 16.4 Å². The Morgan fingerprint density at radius 2 is 2.10 bits per heavy atom. The van der Waals surface area contributed by atoms with E-state index in [1.54, 1.807) is 18.4 Å². The fourth-order valence-electron chi connectivity index (χ4n) is 2.98. The lowest BCUT2D eigenvalue weighted by atomic mass is 10.1. The molecule has 0 fully saturated rings. The zero-order valence-corrected chi connectivity index (χ0v) is 18.8. The molecule has 2 N–H and O–H groups in total. The summed E-state index contributed by atoms with van der Waals surface area (Å²) in [6.07, 6.45) is 0.267. The average molecular weight is 458 g/mol. The van der Waals surface area contributed by atoms with Gasteiger partial charge in [-0.3, -0.25) is 14.5 Å². The summed E-state index contributed by atoms with van der Waals surface area (Å²) in [4.78, 5) is 19.2. The van der Waals surface area contributed by atoms with Gasteiger partial charge in [-0.1, -0.05) is 6.07 Å². The van der Waals surface area contributed by atoms with E-state index in [2.05, 4.69) is 20.5 Å². The first-order valence-electron chi connectivity index (χ1n) is 9.16. The van der Waals surface area contributed by atoms with E-state index >= 15 is 0 Å². The molecule has 4 rings (SSSR count). The SMILES string of the molecule is COc1ccc(-c2nc(NC(=O)CCn3c(-c4cccs4)n[nH]c3=S)sc2C)cc1. The number of methoxy groups -OCH3 is 1. The monoisotopic (exact) mass is 457 g/mol. The van der Waals surface area contributed by atoms with Crippen LogP contribution >= 0.6 is 34.9 Å². The number of H-pyrrole nitrogens is 1. The molecular formula is C20H19N5O2S3. The van der Waals surface area contributed by atoms with Crippen LogP contribution in [0.5, 0.6) is 5.75 Å². The maximum atomic E-state index is 12.5. The number of thiophene rings is 1. The predicted molar refractivity (Wildman–Crippen MR) is 123 cm³/mol. The Morgan fingerprint density at radius 3 is 2.80 bits per heavy atom. The minimum atomic E-state index is -0.120. The fourth-order valence-corrected chi connectivity index (χ4v) is 4.78. The molecule has 4 aromatic rings. The standard InChI is InChI=1S/C20H19N5O2S3/c1-12-17(13-5-7-14(27-2)8-6-13)22-19(30-12)21-16(26)9-10-25-18(23-24-20(25)28)15-4-3-11-29-15/h3-8,11H,9-10H2,1-2H3,(H,24,28)(H,21,22,26). The molecule has 10 heteroatoms. The minimum Gasteiger partial charge on any atom is -0.497 e. The molecule has 1 aromatic carbocycles. The molecule has 154 valence electrons. The Labute approximate surface area is 186 Å². The summed E-state index contributed by atoms with van der Waals surface area (Å²) in [6.45, 7) is 2.43. The number of rotatable bonds is 7. The van der Waals surface area contributed by atoms with Gasteiger partial charge in [-0.15, -0.1) is 22.7 Å². The minimum absolute atomic E-state index is 0.120. The first-order valence-corrected chi connectivity index (χ1v) is 11.3. The summed E-state index contributed by atoms with van der Waals surface area (Å²) in [6, 6.07) is 11.6. The Kier molecular flexibility index (Phi) is 6.07. The van der Waals surface area contributed by atoms with Crippen molar-refractivity contribution in [3.8, 4) is 27.7 Å². The molecule has 0 radical (unpaired) electrons. The van der Waals surface area contributed by atoms with Crippen LogP contribution in [0.15, 0.2) is 41.8 Å². The molecule has 0 aliphatic carbocycles. The molecule has 0 unspecified atom stereocenters. The second-order valence-electron chi connectivity index (χ2n) is 6.43. The first-order chi connectivity index (χ1) is 14.5. The summed E-state index contributed by atoms with van der Waals surface area (Å²) >= 11 is 8.35. The third-order valence-electron chi connectivity index (χ3n) is 4.47. The highest BCUT2D eigenvalue weighted by atomic mass is 32.1. The lowest BCUT2D eigenvalue weighted by molar-refractivity contribution is -0.116. The van der Waals surface area contributed by atoms with E-state index in [-0.39, 0.29) is 12.3 Å². The van der Waals surface area contributed by atoms with Gasteiger partial charge in [0.1, 0.15) is 5.75 Å². The molecule has 0 saturated carbocycles. The van der Waals surface area contributed by atoms with Gasteiger partial charge in [0.25, 0.3) is 0 Å². The number of aryl methyl sites for hydroxylation is 1. The summed E-state index contributed by atoms with van der Waals surface area (Å²) in [5.41, 5.74) is 1.84. The molecule has 0 aliphatic heterocycles. The summed E-state index contributed by atoms with van der Waals surface area (Å²) in [5, 5.41) is 12.6. The normalized spacial score (nSPS) is 10.9. The van der Waals surface area contributed by atoms with Crippen molar-refractivity contribution >= 4 is 45.9 Å². The lowest BCUT2D eigenvalue weighted by Crippen LogP contribution is -2.14. The zero-order valence-electron chi connectivity index (χ0n) is 16.3. The average Bonchev–Trinajstić information content (AvgIpc) is 3.47. The van der Waals surface area contributed by atoms with E-state index < -0.39 is 0 Å². The van der Waals surface area contributed by atoms with Gasteiger partial charge in [0, 0.05) is 23.4 Å². The van der Waals surface area contributed by atoms with Crippen molar-refractivity contribution in [3.63, 3.8) is 0 Å². The van der Waals surface area contributed by atoms with Gasteiger partial charge in [-0.25, -0.2) is 4.98 Å². The number of nitrogens with zero attached hydrogens (tertiary/aromatic N) is 3. The zero-order chi connectivity index (χ0) is 21.1. The first kappa shape index (κ1) is 20.5. The van der Waals surface area contributed by atoms with Crippen molar-refractivity contribution in [3.05, 3.63) is 51.4 Å². The Balaban J connectivity index is 1.43. The number of amides is 1. The molecule has 0 saturated heterocycles. The molecule has 3 heterocycles. The van der Waals surface area contributed by atoms with Crippen molar-refractivity contribution in [2.24, 2.45) is 0 Å². The largest absolute Gasteiger partial charge is 0.497 e. The fraction of sp³-hybridized carbons (Fsp3) is 0.200. The number of anilines is 1. The highest BCUT2D eigenvalue weighted by Crippen LogP contribution is 2.31. The number of carbonyl (C=O) groups excluding carboxylic acids is 1. The van der Waals surface area contributed by atoms with Crippen molar-refractivity contribution in [2.45, 2.75) is 19.9 Å². The van der Waals surface area contributed by atoms with Crippen LogP contribution in [0, 0.1) is 11.7 Å².